The number of rotatable bonds is 58. The minimum absolute atomic E-state index is 0. The summed E-state index contributed by atoms with van der Waals surface area (Å²) in [6, 6.07) is 0.579. The van der Waals surface area contributed by atoms with E-state index in [2.05, 4.69) is 80.2 Å². The molecular formula is C67H132Br2N2O6. The van der Waals surface area contributed by atoms with Gasteiger partial charge in [0.25, 0.3) is 0 Å². The number of likely N-dealkylation sites (N-methyl/N-ethyl adjacent to an activating group) is 2. The molecule has 460 valence electrons. The van der Waals surface area contributed by atoms with Crippen molar-refractivity contribution in [1.82, 2.24) is 0 Å². The fourth-order valence-corrected chi connectivity index (χ4v) is 11.3. The van der Waals surface area contributed by atoms with Crippen LogP contribution in [0.1, 0.15) is 317 Å². The van der Waals surface area contributed by atoms with E-state index in [-0.39, 0.29) is 70.2 Å². The number of unbranched alkanes of at least 4 members (excludes halogenated alkanes) is 32. The van der Waals surface area contributed by atoms with Crippen molar-refractivity contribution in [2.45, 2.75) is 341 Å². The van der Waals surface area contributed by atoms with Crippen molar-refractivity contribution in [3.63, 3.8) is 0 Å². The summed E-state index contributed by atoms with van der Waals surface area (Å²) in [5.74, 6) is -0.317. The van der Waals surface area contributed by atoms with Crippen LogP contribution in [0.3, 0.4) is 0 Å². The second-order valence-corrected chi connectivity index (χ2v) is 24.5. The van der Waals surface area contributed by atoms with Gasteiger partial charge in [0.15, 0.2) is 0 Å². The summed E-state index contributed by atoms with van der Waals surface area (Å²) in [5, 5.41) is 22.7. The lowest BCUT2D eigenvalue weighted by molar-refractivity contribution is -0.919. The number of quaternary nitrogens is 2. The first kappa shape index (κ1) is 80.4. The van der Waals surface area contributed by atoms with Crippen LogP contribution < -0.4 is 34.0 Å². The van der Waals surface area contributed by atoms with Crippen LogP contribution in [0.15, 0.2) is 24.3 Å². The molecule has 0 fully saturated rings. The number of esters is 2. The number of aliphatic hydroxyl groups is 2. The normalized spacial score (nSPS) is 13.6. The summed E-state index contributed by atoms with van der Waals surface area (Å²) in [6.45, 7) is 12.0. The maximum absolute atomic E-state index is 12.3. The highest BCUT2D eigenvalue weighted by Gasteiger charge is 2.34. The number of hydrogen-bond acceptors (Lipinski definition) is 6. The molecule has 0 aromatic rings. The van der Waals surface area contributed by atoms with E-state index in [0.717, 1.165) is 125 Å². The molecule has 10 heteroatoms. The summed E-state index contributed by atoms with van der Waals surface area (Å²) >= 11 is 0. The molecule has 4 atom stereocenters. The molecule has 0 aliphatic rings. The van der Waals surface area contributed by atoms with Crippen LogP contribution in [0.5, 0.6) is 0 Å². The van der Waals surface area contributed by atoms with E-state index in [1.807, 2.05) is 0 Å². The zero-order chi connectivity index (χ0) is 55.4. The van der Waals surface area contributed by atoms with Gasteiger partial charge in [-0.25, -0.2) is 0 Å². The topological polar surface area (TPSA) is 93.1 Å². The highest BCUT2D eigenvalue weighted by Crippen LogP contribution is 2.25. The Kier molecular flexibility index (Phi) is 61.0. The van der Waals surface area contributed by atoms with E-state index in [0.29, 0.717) is 32.5 Å². The average Bonchev–Trinajstić information content (AvgIpc) is 3.38. The zero-order valence-corrected chi connectivity index (χ0v) is 55.6. The number of carbonyl (C=O) groups excluding carboxylic acids is 2. The van der Waals surface area contributed by atoms with E-state index >= 15 is 0 Å². The maximum atomic E-state index is 12.3. The molecule has 0 saturated carbocycles. The van der Waals surface area contributed by atoms with E-state index in [4.69, 9.17) is 9.47 Å². The predicted octanol–water partition coefficient (Wildman–Crippen LogP) is 12.4. The maximum Gasteiger partial charge on any atom is 0.305 e. The Hall–Kier alpha value is -0.780. The van der Waals surface area contributed by atoms with E-state index < -0.39 is 0 Å². The van der Waals surface area contributed by atoms with Crippen LogP contribution >= 0.6 is 0 Å². The molecule has 77 heavy (non-hydrogen) atoms. The van der Waals surface area contributed by atoms with Crippen molar-refractivity contribution in [2.24, 2.45) is 0 Å². The van der Waals surface area contributed by atoms with E-state index in [1.165, 1.54) is 167 Å². The molecule has 0 aliphatic heterocycles. The Morgan fingerprint density at radius 2 is 0.636 bits per heavy atom. The van der Waals surface area contributed by atoms with Gasteiger partial charge in [0.1, 0.15) is 24.3 Å². The first-order valence-electron chi connectivity index (χ1n) is 33.0. The molecule has 0 amide bonds. The van der Waals surface area contributed by atoms with Crippen molar-refractivity contribution in [1.29, 1.82) is 0 Å². The third kappa shape index (κ3) is 50.7. The largest absolute Gasteiger partial charge is 1.00 e. The van der Waals surface area contributed by atoms with E-state index in [9.17, 15) is 19.8 Å². The molecule has 8 nitrogen and oxygen atoms in total. The fraction of sp³-hybridized carbons (Fsp3) is 0.910. The van der Waals surface area contributed by atoms with Crippen LogP contribution in [-0.4, -0.2) is 110 Å². The predicted molar refractivity (Wildman–Crippen MR) is 324 cm³/mol. The lowest BCUT2D eigenvalue weighted by Crippen LogP contribution is -3.00. The minimum Gasteiger partial charge on any atom is -1.00 e. The number of carbonyl (C=O) groups is 2. The molecule has 0 rings (SSSR count). The van der Waals surface area contributed by atoms with Gasteiger partial charge < -0.3 is 62.6 Å². The minimum atomic E-state index is -0.297. The molecule has 0 heterocycles. The number of allylic oxidation sites excluding steroid dienone is 2. The summed E-state index contributed by atoms with van der Waals surface area (Å²) in [7, 11) is 9.38. The smallest absolute Gasteiger partial charge is 0.305 e. The first-order chi connectivity index (χ1) is 36.4. The van der Waals surface area contributed by atoms with Gasteiger partial charge in [-0.05, 0) is 89.9 Å². The van der Waals surface area contributed by atoms with Crippen LogP contribution in [-0.2, 0) is 19.1 Å². The Morgan fingerprint density at radius 3 is 0.961 bits per heavy atom. The summed E-state index contributed by atoms with van der Waals surface area (Å²) in [6.07, 6.45) is 60.6. The van der Waals surface area contributed by atoms with Gasteiger partial charge in [0.2, 0.25) is 0 Å². The number of nitrogens with zero attached hydrogens (tertiary/aromatic N) is 2. The standard InChI is InChI=1S/C67H132N2O6.2BrH/c1-9-13-17-19-21-23-29-35-41-49-58-68(5,6)62(52-43-15-11-3)64(70)54-45-37-31-25-27-33-39-47-56-66(72)74-60-51-61-75-67(73)57-48-40-34-28-26-32-38-46-55-65(71)63(53-44-16-12-4)69(7,8)59-50-42-36-30-24-22-20-18-14-10-2;;/h37-38,45-46,62-65,70-71H,9-36,39-44,47-61H2,1-8H3;2*1H/q+2;;/p-2/b45-37+,46-38+;;. The van der Waals surface area contributed by atoms with Gasteiger partial charge in [0.05, 0.1) is 54.5 Å². The molecule has 0 spiro atoms. The molecular weight excluding hydrogens is 1090 g/mol. The third-order valence-corrected chi connectivity index (χ3v) is 16.5. The van der Waals surface area contributed by atoms with Crippen molar-refractivity contribution in [2.75, 3.05) is 54.5 Å². The van der Waals surface area contributed by atoms with Gasteiger partial charge in [-0.3, -0.25) is 9.59 Å². The van der Waals surface area contributed by atoms with Crippen LogP contribution in [0.2, 0.25) is 0 Å². The van der Waals surface area contributed by atoms with Gasteiger partial charge >= 0.3 is 11.9 Å². The van der Waals surface area contributed by atoms with Crippen molar-refractivity contribution in [3.8, 4) is 0 Å². The molecule has 0 aromatic heterocycles. The monoisotopic (exact) mass is 1220 g/mol. The van der Waals surface area contributed by atoms with Crippen molar-refractivity contribution < 1.29 is 72.2 Å². The first-order valence-corrected chi connectivity index (χ1v) is 33.0. The number of halogens is 2. The number of ether oxygens (including phenoxy) is 2. The van der Waals surface area contributed by atoms with Crippen LogP contribution in [0.4, 0.5) is 0 Å². The lowest BCUT2D eigenvalue weighted by atomic mass is 9.96. The van der Waals surface area contributed by atoms with Crippen LogP contribution in [0.25, 0.3) is 0 Å². The zero-order valence-electron chi connectivity index (χ0n) is 52.4. The third-order valence-electron chi connectivity index (χ3n) is 16.5. The summed E-state index contributed by atoms with van der Waals surface area (Å²) in [4.78, 5) is 24.5. The van der Waals surface area contributed by atoms with Gasteiger partial charge in [-0.2, -0.15) is 0 Å². The fourth-order valence-electron chi connectivity index (χ4n) is 11.3. The summed E-state index contributed by atoms with van der Waals surface area (Å²) < 4.78 is 12.6. The Morgan fingerprint density at radius 1 is 0.364 bits per heavy atom. The number of aliphatic hydroxyl groups excluding tert-OH is 2. The molecule has 2 N–H and O–H groups in total. The van der Waals surface area contributed by atoms with Gasteiger partial charge in [-0.1, -0.05) is 219 Å². The van der Waals surface area contributed by atoms with Crippen molar-refractivity contribution >= 4 is 11.9 Å². The molecule has 0 radical (unpaired) electrons. The molecule has 0 bridgehead atoms. The molecule has 0 aliphatic carbocycles. The van der Waals surface area contributed by atoms with Gasteiger partial charge in [0, 0.05) is 32.1 Å². The van der Waals surface area contributed by atoms with Gasteiger partial charge in [-0.15, -0.1) is 0 Å². The Bertz CT molecular complexity index is 1220. The Labute approximate surface area is 501 Å². The molecule has 0 aromatic carbocycles. The second-order valence-electron chi connectivity index (χ2n) is 24.5. The molecule has 4 unspecified atom stereocenters. The average molecular weight is 1220 g/mol. The highest BCUT2D eigenvalue weighted by atomic mass is 79.9. The second kappa shape index (κ2) is 58.4. The van der Waals surface area contributed by atoms with Crippen LogP contribution in [0, 0.1) is 0 Å². The molecule has 0 saturated heterocycles. The van der Waals surface area contributed by atoms with E-state index in [1.54, 1.807) is 0 Å². The highest BCUT2D eigenvalue weighted by molar-refractivity contribution is 5.69. The van der Waals surface area contributed by atoms with Crippen molar-refractivity contribution in [3.05, 3.63) is 24.3 Å². The Balaban J connectivity index is -0.0000274. The lowest BCUT2D eigenvalue weighted by Gasteiger charge is -2.41. The SMILES string of the molecule is CCCCCCCCCCCC[N+](C)(C)C(CCCCC)C(O)C/C=C/CCCCCCCC(=O)OCCCOC(=O)CCCCCCC/C=C/CC(O)C(CCCCC)[N+](C)(C)CCCCCCCCCCCC.[Br-].[Br-]. The quantitative estimate of drug-likeness (QED) is 0.0273. The number of hydrogen-bond donors (Lipinski definition) is 2. The summed E-state index contributed by atoms with van der Waals surface area (Å²) in [5.41, 5.74) is 0.